The highest BCUT2D eigenvalue weighted by atomic mass is 35.5. The van der Waals surface area contributed by atoms with Gasteiger partial charge in [-0.3, -0.25) is 4.79 Å². The summed E-state index contributed by atoms with van der Waals surface area (Å²) < 4.78 is 0. The SMILES string of the molecule is NC(=O)N/N=C\CC(=O)c1cc(Cl)ccc1Cl. The maximum atomic E-state index is 11.7. The summed E-state index contributed by atoms with van der Waals surface area (Å²) in [6.45, 7) is 0. The van der Waals surface area contributed by atoms with E-state index in [-0.39, 0.29) is 12.2 Å². The Morgan fingerprint density at radius 2 is 2.12 bits per heavy atom. The van der Waals surface area contributed by atoms with Crippen LogP contribution in [0.1, 0.15) is 16.8 Å². The molecule has 90 valence electrons. The van der Waals surface area contributed by atoms with Crippen molar-refractivity contribution in [2.75, 3.05) is 0 Å². The Bertz CT molecular complexity index is 475. The van der Waals surface area contributed by atoms with E-state index >= 15 is 0 Å². The van der Waals surface area contributed by atoms with Crippen LogP contribution in [0.5, 0.6) is 0 Å². The molecule has 1 rings (SSSR count). The number of hydrazone groups is 1. The summed E-state index contributed by atoms with van der Waals surface area (Å²) in [7, 11) is 0. The molecule has 5 nitrogen and oxygen atoms in total. The predicted octanol–water partition coefficient (Wildman–Crippen LogP) is 2.22. The monoisotopic (exact) mass is 273 g/mol. The third-order valence-electron chi connectivity index (χ3n) is 1.77. The van der Waals surface area contributed by atoms with Crippen LogP contribution in [0, 0.1) is 0 Å². The van der Waals surface area contributed by atoms with E-state index in [1.54, 1.807) is 6.07 Å². The summed E-state index contributed by atoms with van der Waals surface area (Å²) >= 11 is 11.6. The molecule has 0 bridgehead atoms. The first-order valence-corrected chi connectivity index (χ1v) is 5.31. The largest absolute Gasteiger partial charge is 0.350 e. The summed E-state index contributed by atoms with van der Waals surface area (Å²) in [5, 5.41) is 4.18. The fourth-order valence-corrected chi connectivity index (χ4v) is 1.45. The first-order valence-electron chi connectivity index (χ1n) is 4.56. The highest BCUT2D eigenvalue weighted by Crippen LogP contribution is 2.21. The van der Waals surface area contributed by atoms with Crippen LogP contribution in [0.15, 0.2) is 23.3 Å². The second kappa shape index (κ2) is 6.22. The maximum Gasteiger partial charge on any atom is 0.332 e. The molecule has 0 aliphatic carbocycles. The molecule has 0 radical (unpaired) electrons. The minimum atomic E-state index is -0.797. The number of nitrogens with one attached hydrogen (secondary N) is 1. The number of ketones is 1. The summed E-state index contributed by atoms with van der Waals surface area (Å²) in [5.74, 6) is -0.257. The molecule has 0 unspecified atom stereocenters. The highest BCUT2D eigenvalue weighted by molar-refractivity contribution is 6.36. The van der Waals surface area contributed by atoms with Crippen LogP contribution in [0.4, 0.5) is 4.79 Å². The van der Waals surface area contributed by atoms with Gasteiger partial charge in [-0.25, -0.2) is 10.2 Å². The second-order valence-electron chi connectivity index (χ2n) is 3.04. The van der Waals surface area contributed by atoms with Crippen LogP contribution in [0.25, 0.3) is 0 Å². The molecule has 2 amide bonds. The highest BCUT2D eigenvalue weighted by Gasteiger charge is 2.09. The van der Waals surface area contributed by atoms with Crippen molar-refractivity contribution in [3.63, 3.8) is 0 Å². The number of carbonyl (C=O) groups excluding carboxylic acids is 2. The van der Waals surface area contributed by atoms with Crippen molar-refractivity contribution in [3.8, 4) is 0 Å². The molecule has 0 aliphatic heterocycles. The van der Waals surface area contributed by atoms with Crippen LogP contribution in [-0.4, -0.2) is 18.0 Å². The van der Waals surface area contributed by atoms with Gasteiger partial charge in [0.15, 0.2) is 5.78 Å². The van der Waals surface area contributed by atoms with E-state index in [0.29, 0.717) is 15.6 Å². The number of hydrogen-bond donors (Lipinski definition) is 2. The minimum absolute atomic E-state index is 0.0135. The van der Waals surface area contributed by atoms with Crippen molar-refractivity contribution in [1.29, 1.82) is 0 Å². The van der Waals surface area contributed by atoms with E-state index < -0.39 is 6.03 Å². The fraction of sp³-hybridized carbons (Fsp3) is 0.100. The number of primary amides is 1. The second-order valence-corrected chi connectivity index (χ2v) is 3.88. The van der Waals surface area contributed by atoms with Crippen LogP contribution in [0.2, 0.25) is 10.0 Å². The van der Waals surface area contributed by atoms with Crippen LogP contribution < -0.4 is 11.2 Å². The molecule has 0 heterocycles. The molecule has 0 saturated heterocycles. The summed E-state index contributed by atoms with van der Waals surface area (Å²) in [6, 6.07) is 3.80. The number of benzene rings is 1. The summed E-state index contributed by atoms with van der Waals surface area (Å²) in [4.78, 5) is 22.0. The molecule has 17 heavy (non-hydrogen) atoms. The normalized spacial score (nSPS) is 10.5. The Morgan fingerprint density at radius 3 is 2.76 bits per heavy atom. The predicted molar refractivity (Wildman–Crippen MR) is 66.6 cm³/mol. The number of carbonyl (C=O) groups is 2. The van der Waals surface area contributed by atoms with Crippen molar-refractivity contribution >= 4 is 41.2 Å². The molecule has 0 aliphatic rings. The van der Waals surface area contributed by atoms with Crippen molar-refractivity contribution in [3.05, 3.63) is 33.8 Å². The smallest absolute Gasteiger partial charge is 0.332 e. The van der Waals surface area contributed by atoms with E-state index in [0.717, 1.165) is 0 Å². The number of rotatable bonds is 4. The van der Waals surface area contributed by atoms with Crippen molar-refractivity contribution in [1.82, 2.24) is 5.43 Å². The molecular formula is C10H9Cl2N3O2. The Hall–Kier alpha value is -1.59. The molecule has 1 aromatic rings. The zero-order chi connectivity index (χ0) is 12.8. The lowest BCUT2D eigenvalue weighted by molar-refractivity contribution is 0.100. The molecule has 0 spiro atoms. The van der Waals surface area contributed by atoms with E-state index in [4.69, 9.17) is 28.9 Å². The Kier molecular flexibility index (Phi) is 4.93. The average molecular weight is 274 g/mol. The van der Waals surface area contributed by atoms with Gasteiger partial charge in [0, 0.05) is 23.2 Å². The van der Waals surface area contributed by atoms with Crippen LogP contribution in [0.3, 0.4) is 0 Å². The molecule has 7 heteroatoms. The molecule has 0 saturated carbocycles. The van der Waals surface area contributed by atoms with Crippen molar-refractivity contribution < 1.29 is 9.59 Å². The van der Waals surface area contributed by atoms with Crippen LogP contribution >= 0.6 is 23.2 Å². The number of Topliss-reactive ketones (excluding diaryl/α,β-unsaturated/α-hetero) is 1. The zero-order valence-electron chi connectivity index (χ0n) is 8.61. The maximum absolute atomic E-state index is 11.7. The lowest BCUT2D eigenvalue weighted by Crippen LogP contribution is -2.24. The van der Waals surface area contributed by atoms with E-state index in [1.165, 1.54) is 18.3 Å². The fourth-order valence-electron chi connectivity index (χ4n) is 1.06. The summed E-state index contributed by atoms with van der Waals surface area (Å²) in [6.07, 6.45) is 1.21. The third-order valence-corrected chi connectivity index (χ3v) is 2.34. The van der Waals surface area contributed by atoms with Gasteiger partial charge in [-0.05, 0) is 18.2 Å². The van der Waals surface area contributed by atoms with Gasteiger partial charge in [0.1, 0.15) is 0 Å². The van der Waals surface area contributed by atoms with Gasteiger partial charge < -0.3 is 5.73 Å². The van der Waals surface area contributed by atoms with Gasteiger partial charge in [-0.1, -0.05) is 23.2 Å². The Morgan fingerprint density at radius 1 is 1.41 bits per heavy atom. The number of halogens is 2. The number of amides is 2. The third kappa shape index (κ3) is 4.42. The van der Waals surface area contributed by atoms with Crippen molar-refractivity contribution in [2.24, 2.45) is 10.8 Å². The van der Waals surface area contributed by atoms with E-state index in [9.17, 15) is 9.59 Å². The Labute approximate surface area is 108 Å². The molecule has 3 N–H and O–H groups in total. The van der Waals surface area contributed by atoms with Gasteiger partial charge >= 0.3 is 6.03 Å². The topological polar surface area (TPSA) is 84.6 Å². The van der Waals surface area contributed by atoms with E-state index in [1.807, 2.05) is 5.43 Å². The molecular weight excluding hydrogens is 265 g/mol. The number of nitrogens with zero attached hydrogens (tertiary/aromatic N) is 1. The van der Waals surface area contributed by atoms with Gasteiger partial charge in [0.05, 0.1) is 5.02 Å². The van der Waals surface area contributed by atoms with Gasteiger partial charge in [-0.15, -0.1) is 0 Å². The number of urea groups is 1. The average Bonchev–Trinajstić information content (AvgIpc) is 2.27. The minimum Gasteiger partial charge on any atom is -0.350 e. The standard InChI is InChI=1S/C10H9Cl2N3O2/c11-6-1-2-8(12)7(5-6)9(16)3-4-14-15-10(13)17/h1-2,4-5H,3H2,(H3,13,15,17)/b14-4-. The first-order chi connectivity index (χ1) is 8.00. The van der Waals surface area contributed by atoms with Gasteiger partial charge in [0.25, 0.3) is 0 Å². The van der Waals surface area contributed by atoms with Crippen LogP contribution in [-0.2, 0) is 0 Å². The van der Waals surface area contributed by atoms with Gasteiger partial charge in [-0.2, -0.15) is 5.10 Å². The number of nitrogens with two attached hydrogens (primary N) is 1. The molecule has 0 fully saturated rings. The zero-order valence-corrected chi connectivity index (χ0v) is 10.1. The number of hydrogen-bond acceptors (Lipinski definition) is 3. The van der Waals surface area contributed by atoms with Crippen molar-refractivity contribution in [2.45, 2.75) is 6.42 Å². The lowest BCUT2D eigenvalue weighted by atomic mass is 10.1. The molecule has 0 atom stereocenters. The summed E-state index contributed by atoms with van der Waals surface area (Å²) in [5.41, 5.74) is 7.06. The molecule has 0 aromatic heterocycles. The Balaban J connectivity index is 2.67. The molecule has 1 aromatic carbocycles. The first kappa shape index (κ1) is 13.5. The lowest BCUT2D eigenvalue weighted by Gasteiger charge is -2.01. The van der Waals surface area contributed by atoms with E-state index in [2.05, 4.69) is 5.10 Å². The van der Waals surface area contributed by atoms with Gasteiger partial charge in [0.2, 0.25) is 0 Å². The quantitative estimate of drug-likeness (QED) is 0.501.